The van der Waals surface area contributed by atoms with Gasteiger partial charge in [-0.1, -0.05) is 28.8 Å². The third-order valence-electron chi connectivity index (χ3n) is 3.10. The molecule has 0 aliphatic heterocycles. The first-order chi connectivity index (χ1) is 7.47. The summed E-state index contributed by atoms with van der Waals surface area (Å²) >= 11 is 3.47. The molecule has 1 saturated carbocycles. The second-order valence-electron chi connectivity index (χ2n) is 4.61. The first kappa shape index (κ1) is 14.3. The van der Waals surface area contributed by atoms with Gasteiger partial charge in [0.2, 0.25) is 0 Å². The van der Waals surface area contributed by atoms with Gasteiger partial charge in [-0.2, -0.15) is 13.2 Å². The van der Waals surface area contributed by atoms with Crippen LogP contribution in [0.1, 0.15) is 38.5 Å². The highest BCUT2D eigenvalue weighted by molar-refractivity contribution is 9.09. The Hall–Kier alpha value is 0.230. The van der Waals surface area contributed by atoms with E-state index in [1.54, 1.807) is 0 Å². The molecule has 0 aromatic rings. The SMILES string of the molecule is FC(F)(F)CCCOCC1(CBr)CCCC1. The molecule has 0 heterocycles. The van der Waals surface area contributed by atoms with Gasteiger partial charge in [0.1, 0.15) is 0 Å². The average molecular weight is 303 g/mol. The average Bonchev–Trinajstić information content (AvgIpc) is 2.65. The number of rotatable bonds is 6. The predicted octanol–water partition coefficient (Wildman–Crippen LogP) is 4.30. The van der Waals surface area contributed by atoms with Crippen molar-refractivity contribution < 1.29 is 17.9 Å². The molecule has 0 aromatic heterocycles. The maximum absolute atomic E-state index is 11.9. The number of alkyl halides is 4. The molecule has 0 atom stereocenters. The molecule has 0 amide bonds. The molecule has 0 unspecified atom stereocenters. The van der Waals surface area contributed by atoms with E-state index in [0.717, 1.165) is 18.2 Å². The van der Waals surface area contributed by atoms with Gasteiger partial charge in [0.15, 0.2) is 0 Å². The fraction of sp³-hybridized carbons (Fsp3) is 1.00. The van der Waals surface area contributed by atoms with Crippen LogP contribution in [0.5, 0.6) is 0 Å². The quantitative estimate of drug-likeness (QED) is 0.525. The minimum atomic E-state index is -4.05. The van der Waals surface area contributed by atoms with Gasteiger partial charge < -0.3 is 4.74 Å². The number of ether oxygens (including phenoxy) is 1. The highest BCUT2D eigenvalue weighted by atomic mass is 79.9. The van der Waals surface area contributed by atoms with Crippen molar-refractivity contribution in [2.45, 2.75) is 44.7 Å². The smallest absolute Gasteiger partial charge is 0.381 e. The van der Waals surface area contributed by atoms with Crippen LogP contribution in [0.3, 0.4) is 0 Å². The van der Waals surface area contributed by atoms with Crippen molar-refractivity contribution in [2.75, 3.05) is 18.5 Å². The molecular weight excluding hydrogens is 285 g/mol. The van der Waals surface area contributed by atoms with E-state index in [2.05, 4.69) is 15.9 Å². The highest BCUT2D eigenvalue weighted by Crippen LogP contribution is 2.39. The third-order valence-corrected chi connectivity index (χ3v) is 4.29. The molecule has 0 radical (unpaired) electrons. The van der Waals surface area contributed by atoms with Gasteiger partial charge in [-0.15, -0.1) is 0 Å². The molecule has 0 bridgehead atoms. The van der Waals surface area contributed by atoms with Crippen LogP contribution in [0.4, 0.5) is 13.2 Å². The van der Waals surface area contributed by atoms with E-state index in [0.29, 0.717) is 6.61 Å². The largest absolute Gasteiger partial charge is 0.389 e. The van der Waals surface area contributed by atoms with E-state index in [-0.39, 0.29) is 18.4 Å². The van der Waals surface area contributed by atoms with Crippen LogP contribution in [0.25, 0.3) is 0 Å². The van der Waals surface area contributed by atoms with Crippen LogP contribution in [0, 0.1) is 5.41 Å². The fourth-order valence-electron chi connectivity index (χ4n) is 2.10. The van der Waals surface area contributed by atoms with E-state index >= 15 is 0 Å². The van der Waals surface area contributed by atoms with Gasteiger partial charge in [-0.05, 0) is 19.3 Å². The van der Waals surface area contributed by atoms with Crippen molar-refractivity contribution in [2.24, 2.45) is 5.41 Å². The second kappa shape index (κ2) is 6.24. The van der Waals surface area contributed by atoms with Crippen molar-refractivity contribution in [3.05, 3.63) is 0 Å². The maximum atomic E-state index is 11.9. The maximum Gasteiger partial charge on any atom is 0.389 e. The molecule has 0 saturated heterocycles. The molecule has 1 fully saturated rings. The minimum absolute atomic E-state index is 0.0713. The molecule has 96 valence electrons. The minimum Gasteiger partial charge on any atom is -0.381 e. The Morgan fingerprint density at radius 1 is 1.19 bits per heavy atom. The molecule has 1 nitrogen and oxygen atoms in total. The lowest BCUT2D eigenvalue weighted by Gasteiger charge is -2.26. The molecule has 1 aliphatic rings. The Morgan fingerprint density at radius 3 is 2.31 bits per heavy atom. The van der Waals surface area contributed by atoms with Crippen molar-refractivity contribution in [3.63, 3.8) is 0 Å². The summed E-state index contributed by atoms with van der Waals surface area (Å²) in [5.41, 5.74) is 0.179. The van der Waals surface area contributed by atoms with E-state index in [1.165, 1.54) is 12.8 Å². The van der Waals surface area contributed by atoms with E-state index in [4.69, 9.17) is 4.74 Å². The van der Waals surface area contributed by atoms with E-state index in [1.807, 2.05) is 0 Å². The first-order valence-corrected chi connectivity index (χ1v) is 6.80. The van der Waals surface area contributed by atoms with Crippen LogP contribution in [0.2, 0.25) is 0 Å². The Balaban J connectivity index is 2.10. The summed E-state index contributed by atoms with van der Waals surface area (Å²) < 4.78 is 41.0. The molecule has 1 rings (SSSR count). The van der Waals surface area contributed by atoms with E-state index < -0.39 is 12.6 Å². The van der Waals surface area contributed by atoms with Gasteiger partial charge >= 0.3 is 6.18 Å². The standard InChI is InChI=1S/C11H18BrF3O/c12-8-10(4-1-2-5-10)9-16-7-3-6-11(13,14)15/h1-9H2. The van der Waals surface area contributed by atoms with E-state index in [9.17, 15) is 13.2 Å². The van der Waals surface area contributed by atoms with Gasteiger partial charge in [0.25, 0.3) is 0 Å². The number of hydrogen-bond donors (Lipinski definition) is 0. The molecule has 0 spiro atoms. The van der Waals surface area contributed by atoms with Crippen LogP contribution in [0.15, 0.2) is 0 Å². The predicted molar refractivity (Wildman–Crippen MR) is 60.8 cm³/mol. The number of hydrogen-bond acceptors (Lipinski definition) is 1. The molecular formula is C11H18BrF3O. The normalized spacial score (nSPS) is 20.2. The van der Waals surface area contributed by atoms with Crippen LogP contribution < -0.4 is 0 Å². The van der Waals surface area contributed by atoms with Crippen molar-refractivity contribution >= 4 is 15.9 Å². The van der Waals surface area contributed by atoms with Crippen LogP contribution in [-0.4, -0.2) is 24.7 Å². The molecule has 16 heavy (non-hydrogen) atoms. The zero-order valence-electron chi connectivity index (χ0n) is 9.28. The zero-order chi connectivity index (χ0) is 12.1. The van der Waals surface area contributed by atoms with Gasteiger partial charge in [0.05, 0.1) is 6.61 Å². The lowest BCUT2D eigenvalue weighted by atomic mass is 9.90. The van der Waals surface area contributed by atoms with Crippen molar-refractivity contribution in [1.29, 1.82) is 0 Å². The summed E-state index contributed by atoms with van der Waals surface area (Å²) in [5.74, 6) is 0. The topological polar surface area (TPSA) is 9.23 Å². The highest BCUT2D eigenvalue weighted by Gasteiger charge is 2.33. The third kappa shape index (κ3) is 5.04. The van der Waals surface area contributed by atoms with Gasteiger partial charge in [-0.3, -0.25) is 0 Å². The Labute approximate surface area is 103 Å². The first-order valence-electron chi connectivity index (χ1n) is 5.68. The van der Waals surface area contributed by atoms with Gasteiger partial charge in [0, 0.05) is 23.8 Å². The van der Waals surface area contributed by atoms with Crippen molar-refractivity contribution in [1.82, 2.24) is 0 Å². The Kier molecular flexibility index (Phi) is 5.57. The monoisotopic (exact) mass is 302 g/mol. The lowest BCUT2D eigenvalue weighted by Crippen LogP contribution is -2.25. The summed E-state index contributed by atoms with van der Waals surface area (Å²) in [7, 11) is 0. The summed E-state index contributed by atoms with van der Waals surface area (Å²) in [4.78, 5) is 0. The Morgan fingerprint density at radius 2 is 1.81 bits per heavy atom. The van der Waals surface area contributed by atoms with Gasteiger partial charge in [-0.25, -0.2) is 0 Å². The summed E-state index contributed by atoms with van der Waals surface area (Å²) in [6, 6.07) is 0. The zero-order valence-corrected chi connectivity index (χ0v) is 10.9. The molecule has 1 aliphatic carbocycles. The molecule has 0 aromatic carbocycles. The molecule has 0 N–H and O–H groups in total. The van der Waals surface area contributed by atoms with Crippen LogP contribution in [-0.2, 0) is 4.74 Å². The van der Waals surface area contributed by atoms with Crippen LogP contribution >= 0.6 is 15.9 Å². The summed E-state index contributed by atoms with van der Waals surface area (Å²) in [6.07, 6.45) is -0.0654. The number of halogens is 4. The summed E-state index contributed by atoms with van der Waals surface area (Å²) in [6.45, 7) is 0.810. The van der Waals surface area contributed by atoms with Crippen molar-refractivity contribution in [3.8, 4) is 0 Å². The lowest BCUT2D eigenvalue weighted by molar-refractivity contribution is -0.138. The fourth-order valence-corrected chi connectivity index (χ4v) is 2.83. The second-order valence-corrected chi connectivity index (χ2v) is 5.17. The molecule has 5 heteroatoms. The Bertz CT molecular complexity index is 200. The summed E-state index contributed by atoms with van der Waals surface area (Å²) in [5, 5.41) is 0.888.